The predicted molar refractivity (Wildman–Crippen MR) is 93.1 cm³/mol. The Balaban J connectivity index is 1.76. The first kappa shape index (κ1) is 16.2. The van der Waals surface area contributed by atoms with Gasteiger partial charge in [0.05, 0.1) is 7.11 Å². The van der Waals surface area contributed by atoms with Crippen molar-refractivity contribution in [3.63, 3.8) is 0 Å². The molecule has 1 amide bonds. The Morgan fingerprint density at radius 2 is 1.92 bits per heavy atom. The Labute approximate surface area is 147 Å². The molecule has 0 aliphatic carbocycles. The summed E-state index contributed by atoms with van der Waals surface area (Å²) in [6.45, 7) is 1.97. The molecule has 122 valence electrons. The molecule has 0 fully saturated rings. The van der Waals surface area contributed by atoms with Gasteiger partial charge in [0.15, 0.2) is 0 Å². The van der Waals surface area contributed by atoms with Crippen molar-refractivity contribution in [1.29, 1.82) is 0 Å². The van der Waals surface area contributed by atoms with Crippen LogP contribution in [0, 0.1) is 6.92 Å². The summed E-state index contributed by atoms with van der Waals surface area (Å²) in [6.07, 6.45) is 0. The molecule has 0 bridgehead atoms. The lowest BCUT2D eigenvalue weighted by Crippen LogP contribution is -2.12. The van der Waals surface area contributed by atoms with Gasteiger partial charge in [0.25, 0.3) is 0 Å². The minimum atomic E-state index is -0.460. The molecular formula is C17H14BrN3O3. The predicted octanol–water partition coefficient (Wildman–Crippen LogP) is 4.07. The van der Waals surface area contributed by atoms with E-state index in [0.29, 0.717) is 11.3 Å². The molecule has 6 nitrogen and oxygen atoms in total. The van der Waals surface area contributed by atoms with Gasteiger partial charge in [-0.1, -0.05) is 22.0 Å². The standard InChI is InChI=1S/C17H14BrN3O3/c1-10-3-6-12(9-14(10)18)19-15(22)17-21-20-16(24-17)11-4-7-13(23-2)8-5-11/h3-9H,1-2H3,(H,19,22). The van der Waals surface area contributed by atoms with Crippen LogP contribution in [0.5, 0.6) is 5.75 Å². The number of amides is 1. The Morgan fingerprint density at radius 3 is 2.58 bits per heavy atom. The van der Waals surface area contributed by atoms with E-state index >= 15 is 0 Å². The highest BCUT2D eigenvalue weighted by molar-refractivity contribution is 9.10. The van der Waals surface area contributed by atoms with Gasteiger partial charge in [0.1, 0.15) is 5.75 Å². The topological polar surface area (TPSA) is 77.2 Å². The van der Waals surface area contributed by atoms with Gasteiger partial charge in [0.2, 0.25) is 5.89 Å². The van der Waals surface area contributed by atoms with Gasteiger partial charge >= 0.3 is 11.8 Å². The summed E-state index contributed by atoms with van der Waals surface area (Å²) in [5.74, 6) is 0.435. The highest BCUT2D eigenvalue weighted by Gasteiger charge is 2.16. The van der Waals surface area contributed by atoms with E-state index in [1.54, 1.807) is 37.4 Å². The summed E-state index contributed by atoms with van der Waals surface area (Å²) < 4.78 is 11.4. The Morgan fingerprint density at radius 1 is 1.17 bits per heavy atom. The molecule has 1 aromatic heterocycles. The average Bonchev–Trinajstić information content (AvgIpc) is 3.08. The van der Waals surface area contributed by atoms with Crippen molar-refractivity contribution in [2.45, 2.75) is 6.92 Å². The Bertz CT molecular complexity index is 875. The summed E-state index contributed by atoms with van der Waals surface area (Å²) in [7, 11) is 1.59. The molecule has 0 atom stereocenters. The summed E-state index contributed by atoms with van der Waals surface area (Å²) >= 11 is 3.43. The summed E-state index contributed by atoms with van der Waals surface area (Å²) in [4.78, 5) is 12.2. The Kier molecular flexibility index (Phi) is 4.61. The zero-order chi connectivity index (χ0) is 17.1. The van der Waals surface area contributed by atoms with Gasteiger partial charge in [-0.15, -0.1) is 10.2 Å². The van der Waals surface area contributed by atoms with E-state index in [0.717, 1.165) is 15.8 Å². The molecule has 0 saturated carbocycles. The third-order valence-electron chi connectivity index (χ3n) is 3.39. The van der Waals surface area contributed by atoms with Crippen LogP contribution in [-0.4, -0.2) is 23.2 Å². The van der Waals surface area contributed by atoms with Gasteiger partial charge in [-0.05, 0) is 48.9 Å². The largest absolute Gasteiger partial charge is 0.497 e. The molecule has 3 aromatic rings. The van der Waals surface area contributed by atoms with Crippen LogP contribution in [0.1, 0.15) is 16.2 Å². The average molecular weight is 388 g/mol. The summed E-state index contributed by atoms with van der Waals surface area (Å²) in [6, 6.07) is 12.6. The molecule has 0 unspecified atom stereocenters. The van der Waals surface area contributed by atoms with Crippen LogP contribution in [0.4, 0.5) is 5.69 Å². The smallest absolute Gasteiger partial charge is 0.313 e. The van der Waals surface area contributed by atoms with Gasteiger partial charge in [0, 0.05) is 15.7 Å². The van der Waals surface area contributed by atoms with Crippen LogP contribution >= 0.6 is 15.9 Å². The number of nitrogens with zero attached hydrogens (tertiary/aromatic N) is 2. The zero-order valence-corrected chi connectivity index (χ0v) is 14.6. The fourth-order valence-corrected chi connectivity index (χ4v) is 2.40. The first-order chi connectivity index (χ1) is 11.6. The fourth-order valence-electron chi connectivity index (χ4n) is 2.02. The molecule has 0 radical (unpaired) electrons. The number of aryl methyl sites for hydroxylation is 1. The van der Waals surface area contributed by atoms with E-state index in [2.05, 4.69) is 31.4 Å². The van der Waals surface area contributed by atoms with Crippen LogP contribution < -0.4 is 10.1 Å². The van der Waals surface area contributed by atoms with Crippen molar-refractivity contribution in [2.24, 2.45) is 0 Å². The molecule has 3 rings (SSSR count). The molecule has 0 saturated heterocycles. The molecule has 0 aliphatic heterocycles. The van der Waals surface area contributed by atoms with Crippen molar-refractivity contribution in [1.82, 2.24) is 10.2 Å². The minimum absolute atomic E-state index is 0.0995. The number of hydrogen-bond acceptors (Lipinski definition) is 5. The van der Waals surface area contributed by atoms with E-state index in [4.69, 9.17) is 9.15 Å². The number of aromatic nitrogens is 2. The lowest BCUT2D eigenvalue weighted by atomic mass is 10.2. The van der Waals surface area contributed by atoms with E-state index in [1.165, 1.54) is 0 Å². The minimum Gasteiger partial charge on any atom is -0.497 e. The first-order valence-corrected chi connectivity index (χ1v) is 7.91. The highest BCUT2D eigenvalue weighted by atomic mass is 79.9. The van der Waals surface area contributed by atoms with Crippen LogP contribution in [-0.2, 0) is 0 Å². The van der Waals surface area contributed by atoms with Gasteiger partial charge < -0.3 is 14.5 Å². The lowest BCUT2D eigenvalue weighted by Gasteiger charge is -2.04. The SMILES string of the molecule is COc1ccc(-c2nnc(C(=O)Nc3ccc(C)c(Br)c3)o2)cc1. The number of ether oxygens (including phenoxy) is 1. The normalized spacial score (nSPS) is 10.5. The number of benzene rings is 2. The first-order valence-electron chi connectivity index (χ1n) is 7.12. The molecule has 0 aliphatic rings. The summed E-state index contributed by atoms with van der Waals surface area (Å²) in [5.41, 5.74) is 2.43. The van der Waals surface area contributed by atoms with Crippen molar-refractivity contribution in [2.75, 3.05) is 12.4 Å². The van der Waals surface area contributed by atoms with Gasteiger partial charge in [-0.25, -0.2) is 0 Å². The lowest BCUT2D eigenvalue weighted by molar-refractivity contribution is 0.0991. The molecule has 2 aromatic carbocycles. The van der Waals surface area contributed by atoms with Crippen molar-refractivity contribution < 1.29 is 13.9 Å². The molecular weight excluding hydrogens is 374 g/mol. The van der Waals surface area contributed by atoms with Crippen molar-refractivity contribution in [3.8, 4) is 17.2 Å². The van der Waals surface area contributed by atoms with Crippen LogP contribution in [0.25, 0.3) is 11.5 Å². The second-order valence-electron chi connectivity index (χ2n) is 5.06. The maximum atomic E-state index is 12.2. The van der Waals surface area contributed by atoms with Crippen LogP contribution in [0.15, 0.2) is 51.4 Å². The zero-order valence-electron chi connectivity index (χ0n) is 13.0. The van der Waals surface area contributed by atoms with Crippen LogP contribution in [0.3, 0.4) is 0 Å². The van der Waals surface area contributed by atoms with Gasteiger partial charge in [-0.2, -0.15) is 0 Å². The van der Waals surface area contributed by atoms with E-state index in [-0.39, 0.29) is 11.8 Å². The van der Waals surface area contributed by atoms with E-state index < -0.39 is 5.91 Å². The third kappa shape index (κ3) is 3.46. The highest BCUT2D eigenvalue weighted by Crippen LogP contribution is 2.23. The maximum Gasteiger partial charge on any atom is 0.313 e. The molecule has 0 spiro atoms. The molecule has 1 N–H and O–H groups in total. The number of methoxy groups -OCH3 is 1. The van der Waals surface area contributed by atoms with E-state index in [9.17, 15) is 4.79 Å². The van der Waals surface area contributed by atoms with Crippen molar-refractivity contribution in [3.05, 3.63) is 58.4 Å². The molecule has 1 heterocycles. The number of rotatable bonds is 4. The van der Waals surface area contributed by atoms with Crippen molar-refractivity contribution >= 4 is 27.5 Å². The third-order valence-corrected chi connectivity index (χ3v) is 4.24. The number of hydrogen-bond donors (Lipinski definition) is 1. The number of halogens is 1. The van der Waals surface area contributed by atoms with Crippen LogP contribution in [0.2, 0.25) is 0 Å². The van der Waals surface area contributed by atoms with E-state index in [1.807, 2.05) is 19.1 Å². The quantitative estimate of drug-likeness (QED) is 0.729. The second-order valence-corrected chi connectivity index (χ2v) is 5.91. The molecule has 24 heavy (non-hydrogen) atoms. The number of anilines is 1. The second kappa shape index (κ2) is 6.84. The Hall–Kier alpha value is -2.67. The summed E-state index contributed by atoms with van der Waals surface area (Å²) in [5, 5.41) is 10.4. The monoisotopic (exact) mass is 387 g/mol. The number of carbonyl (C=O) groups excluding carboxylic acids is 1. The number of nitrogens with one attached hydrogen (secondary N) is 1. The molecule has 7 heteroatoms. The van der Waals surface area contributed by atoms with Gasteiger partial charge in [-0.3, -0.25) is 4.79 Å². The fraction of sp³-hybridized carbons (Fsp3) is 0.118. The number of carbonyl (C=O) groups is 1. The maximum absolute atomic E-state index is 12.2.